The van der Waals surface area contributed by atoms with Crippen molar-refractivity contribution in [1.82, 2.24) is 19.4 Å². The molecule has 1 aliphatic heterocycles. The van der Waals surface area contributed by atoms with E-state index in [4.69, 9.17) is 0 Å². The molecule has 1 aromatic carbocycles. The number of piperazine rings is 1. The van der Waals surface area contributed by atoms with Crippen molar-refractivity contribution in [3.63, 3.8) is 0 Å². The zero-order valence-electron chi connectivity index (χ0n) is 14.4. The van der Waals surface area contributed by atoms with E-state index in [1.165, 1.54) is 11.1 Å². The SMILES string of the molecule is CN1CCN(C(=O)c2cccc3c2CCC3)CC1c1nccn1C. The molecule has 1 unspecified atom stereocenters. The predicted octanol–water partition coefficient (Wildman–Crippen LogP) is 2.04. The Bertz CT molecular complexity index is 766. The minimum atomic E-state index is 0.152. The number of hydrogen-bond donors (Lipinski definition) is 0. The second kappa shape index (κ2) is 6.06. The van der Waals surface area contributed by atoms with Gasteiger partial charge in [-0.15, -0.1) is 0 Å². The molecule has 4 rings (SSSR count). The Balaban J connectivity index is 1.60. The lowest BCUT2D eigenvalue weighted by atomic mass is 10.0. The Morgan fingerprint density at radius 3 is 2.88 bits per heavy atom. The molecule has 1 amide bonds. The molecule has 0 spiro atoms. The molecule has 0 N–H and O–H groups in total. The van der Waals surface area contributed by atoms with Crippen LogP contribution < -0.4 is 0 Å². The molecule has 1 atom stereocenters. The van der Waals surface area contributed by atoms with Gasteiger partial charge in [0, 0.05) is 44.6 Å². The maximum atomic E-state index is 13.1. The van der Waals surface area contributed by atoms with Crippen molar-refractivity contribution in [3.8, 4) is 0 Å². The van der Waals surface area contributed by atoms with E-state index in [1.807, 2.05) is 36.5 Å². The van der Waals surface area contributed by atoms with Crippen molar-refractivity contribution in [2.75, 3.05) is 26.7 Å². The van der Waals surface area contributed by atoms with Gasteiger partial charge in [-0.2, -0.15) is 0 Å². The van der Waals surface area contributed by atoms with Gasteiger partial charge in [-0.3, -0.25) is 9.69 Å². The lowest BCUT2D eigenvalue weighted by molar-refractivity contribution is 0.0528. The van der Waals surface area contributed by atoms with Crippen molar-refractivity contribution >= 4 is 5.91 Å². The Labute approximate surface area is 142 Å². The number of imidazole rings is 1. The number of benzene rings is 1. The number of carbonyl (C=O) groups excluding carboxylic acids is 1. The summed E-state index contributed by atoms with van der Waals surface area (Å²) in [6, 6.07) is 6.35. The minimum absolute atomic E-state index is 0.152. The van der Waals surface area contributed by atoms with Gasteiger partial charge in [0.1, 0.15) is 5.82 Å². The highest BCUT2D eigenvalue weighted by Crippen LogP contribution is 2.28. The molecule has 5 nitrogen and oxygen atoms in total. The Hall–Kier alpha value is -2.14. The van der Waals surface area contributed by atoms with Crippen LogP contribution in [0, 0.1) is 0 Å². The van der Waals surface area contributed by atoms with Crippen molar-refractivity contribution in [1.29, 1.82) is 0 Å². The molecule has 2 aliphatic rings. The minimum Gasteiger partial charge on any atom is -0.337 e. The number of amides is 1. The summed E-state index contributed by atoms with van der Waals surface area (Å²) < 4.78 is 2.05. The van der Waals surface area contributed by atoms with E-state index >= 15 is 0 Å². The predicted molar refractivity (Wildman–Crippen MR) is 92.9 cm³/mol. The molecule has 0 saturated carbocycles. The highest BCUT2D eigenvalue weighted by atomic mass is 16.2. The molecular formula is C19H24N4O. The Morgan fingerprint density at radius 1 is 1.21 bits per heavy atom. The number of rotatable bonds is 2. The largest absolute Gasteiger partial charge is 0.337 e. The van der Waals surface area contributed by atoms with Crippen LogP contribution in [0.5, 0.6) is 0 Å². The van der Waals surface area contributed by atoms with Gasteiger partial charge in [-0.1, -0.05) is 12.1 Å². The molecule has 24 heavy (non-hydrogen) atoms. The smallest absolute Gasteiger partial charge is 0.254 e. The van der Waals surface area contributed by atoms with Crippen LogP contribution in [0.1, 0.15) is 39.8 Å². The third-order valence-electron chi connectivity index (χ3n) is 5.47. The number of hydrogen-bond acceptors (Lipinski definition) is 3. The molecule has 2 aromatic rings. The topological polar surface area (TPSA) is 41.4 Å². The van der Waals surface area contributed by atoms with E-state index in [-0.39, 0.29) is 11.9 Å². The quantitative estimate of drug-likeness (QED) is 0.849. The monoisotopic (exact) mass is 324 g/mol. The summed E-state index contributed by atoms with van der Waals surface area (Å²) in [5.74, 6) is 1.20. The van der Waals surface area contributed by atoms with Gasteiger partial charge in [0.15, 0.2) is 0 Å². The van der Waals surface area contributed by atoms with Crippen LogP contribution in [0.15, 0.2) is 30.6 Å². The van der Waals surface area contributed by atoms with Crippen molar-refractivity contribution in [2.45, 2.75) is 25.3 Å². The Kier molecular flexibility index (Phi) is 3.88. The number of aryl methyl sites for hydroxylation is 2. The van der Waals surface area contributed by atoms with Gasteiger partial charge in [0.05, 0.1) is 6.04 Å². The van der Waals surface area contributed by atoms with Gasteiger partial charge in [-0.05, 0) is 43.5 Å². The van der Waals surface area contributed by atoms with Gasteiger partial charge in [0.25, 0.3) is 5.91 Å². The number of aromatic nitrogens is 2. The van der Waals surface area contributed by atoms with E-state index < -0.39 is 0 Å². The van der Waals surface area contributed by atoms with Gasteiger partial charge in [-0.25, -0.2) is 4.98 Å². The molecule has 0 radical (unpaired) electrons. The first-order valence-corrected chi connectivity index (χ1v) is 8.72. The highest BCUT2D eigenvalue weighted by molar-refractivity contribution is 5.96. The lowest BCUT2D eigenvalue weighted by Crippen LogP contribution is -2.49. The van der Waals surface area contributed by atoms with Gasteiger partial charge >= 0.3 is 0 Å². The summed E-state index contributed by atoms with van der Waals surface area (Å²) in [6.07, 6.45) is 7.10. The van der Waals surface area contributed by atoms with Crippen LogP contribution in [0.2, 0.25) is 0 Å². The molecule has 1 aliphatic carbocycles. The van der Waals surface area contributed by atoms with Crippen LogP contribution in [0.3, 0.4) is 0 Å². The molecule has 5 heteroatoms. The molecular weight excluding hydrogens is 300 g/mol. The Morgan fingerprint density at radius 2 is 2.08 bits per heavy atom. The van der Waals surface area contributed by atoms with Crippen molar-refractivity contribution < 1.29 is 4.79 Å². The molecule has 1 fully saturated rings. The third-order valence-corrected chi connectivity index (χ3v) is 5.47. The summed E-state index contributed by atoms with van der Waals surface area (Å²) in [7, 11) is 4.13. The fourth-order valence-corrected chi connectivity index (χ4v) is 4.03. The summed E-state index contributed by atoms with van der Waals surface area (Å²) in [4.78, 5) is 21.9. The fourth-order valence-electron chi connectivity index (χ4n) is 4.03. The summed E-state index contributed by atoms with van der Waals surface area (Å²) in [5.41, 5.74) is 3.54. The van der Waals surface area contributed by atoms with E-state index in [0.29, 0.717) is 6.54 Å². The lowest BCUT2D eigenvalue weighted by Gasteiger charge is -2.39. The van der Waals surface area contributed by atoms with Gasteiger partial charge < -0.3 is 9.47 Å². The average Bonchev–Trinajstić information content (AvgIpc) is 3.23. The number of carbonyl (C=O) groups is 1. The first-order valence-electron chi connectivity index (χ1n) is 8.72. The summed E-state index contributed by atoms with van der Waals surface area (Å²) in [5, 5.41) is 0. The molecule has 2 heterocycles. The molecule has 126 valence electrons. The first-order chi connectivity index (χ1) is 11.6. The number of fused-ring (bicyclic) bond motifs is 1. The highest BCUT2D eigenvalue weighted by Gasteiger charge is 2.32. The van der Waals surface area contributed by atoms with Crippen LogP contribution in [0.4, 0.5) is 0 Å². The number of nitrogens with zero attached hydrogens (tertiary/aromatic N) is 4. The standard InChI is InChI=1S/C19H24N4O/c1-21-11-12-23(13-17(21)18-20-9-10-22(18)2)19(24)16-8-4-6-14-5-3-7-15(14)16/h4,6,8-10,17H,3,5,7,11-13H2,1-2H3. The van der Waals surface area contributed by atoms with Crippen molar-refractivity contribution in [3.05, 3.63) is 53.1 Å². The maximum Gasteiger partial charge on any atom is 0.254 e. The fraction of sp³-hybridized carbons (Fsp3) is 0.474. The van der Waals surface area contributed by atoms with Crippen LogP contribution in [-0.2, 0) is 19.9 Å². The zero-order chi connectivity index (χ0) is 16.7. The molecule has 1 aromatic heterocycles. The average molecular weight is 324 g/mol. The van der Waals surface area contributed by atoms with E-state index in [9.17, 15) is 4.79 Å². The van der Waals surface area contributed by atoms with Crippen LogP contribution >= 0.6 is 0 Å². The van der Waals surface area contributed by atoms with Crippen LogP contribution in [-0.4, -0.2) is 51.9 Å². The first kappa shape index (κ1) is 15.4. The number of likely N-dealkylation sites (N-methyl/N-ethyl adjacent to an activating group) is 1. The maximum absolute atomic E-state index is 13.1. The zero-order valence-corrected chi connectivity index (χ0v) is 14.4. The van der Waals surface area contributed by atoms with Crippen LogP contribution in [0.25, 0.3) is 0 Å². The van der Waals surface area contributed by atoms with Gasteiger partial charge in [0.2, 0.25) is 0 Å². The van der Waals surface area contributed by atoms with E-state index in [2.05, 4.69) is 27.6 Å². The summed E-state index contributed by atoms with van der Waals surface area (Å²) in [6.45, 7) is 2.35. The second-order valence-corrected chi connectivity index (χ2v) is 6.94. The normalized spacial score (nSPS) is 21.1. The van der Waals surface area contributed by atoms with E-state index in [1.54, 1.807) is 0 Å². The summed E-state index contributed by atoms with van der Waals surface area (Å²) >= 11 is 0. The second-order valence-electron chi connectivity index (χ2n) is 6.94. The molecule has 1 saturated heterocycles. The molecule has 0 bridgehead atoms. The third kappa shape index (κ3) is 2.53. The van der Waals surface area contributed by atoms with Crippen molar-refractivity contribution in [2.24, 2.45) is 7.05 Å². The van der Waals surface area contributed by atoms with E-state index in [0.717, 1.165) is 43.7 Å².